The van der Waals surface area contributed by atoms with Gasteiger partial charge in [-0.1, -0.05) is 61.7 Å². The van der Waals surface area contributed by atoms with Crippen molar-refractivity contribution in [3.05, 3.63) is 126 Å². The van der Waals surface area contributed by atoms with E-state index in [1.54, 1.807) is 48.7 Å². The van der Waals surface area contributed by atoms with Gasteiger partial charge in [-0.05, 0) is 78.4 Å². The minimum Gasteiger partial charge on any atom is -0.489 e. The van der Waals surface area contributed by atoms with Crippen LogP contribution in [0.3, 0.4) is 0 Å². The molecule has 6 rings (SSSR count). The van der Waals surface area contributed by atoms with Crippen LogP contribution in [0.4, 0.5) is 0 Å². The Morgan fingerprint density at radius 1 is 0.974 bits per heavy atom. The van der Waals surface area contributed by atoms with Crippen molar-refractivity contribution in [1.82, 2.24) is 9.66 Å². The fraction of sp³-hybridized carbons (Fsp3) is 0.0333. The lowest BCUT2D eigenvalue weighted by molar-refractivity contribution is 0.305. The molecule has 0 spiro atoms. The average Bonchev–Trinajstić information content (AvgIpc) is 3.36. The van der Waals surface area contributed by atoms with Crippen LogP contribution in [0, 0.1) is 0 Å². The first-order valence-corrected chi connectivity index (χ1v) is 13.8. The number of aromatic nitrogens is 2. The molecule has 0 saturated carbocycles. The molecule has 0 aliphatic carbocycles. The van der Waals surface area contributed by atoms with E-state index in [-0.39, 0.29) is 5.56 Å². The molecule has 6 aromatic rings. The number of nitrogens with zero attached hydrogens (tertiary/aromatic N) is 3. The molecule has 6 nitrogen and oxygen atoms in total. The summed E-state index contributed by atoms with van der Waals surface area (Å²) in [6.07, 6.45) is 1.61. The van der Waals surface area contributed by atoms with Crippen LogP contribution in [0.2, 0.25) is 5.02 Å². The lowest BCUT2D eigenvalue weighted by Gasteiger charge is -2.09. The van der Waals surface area contributed by atoms with E-state index in [4.69, 9.17) is 25.7 Å². The van der Waals surface area contributed by atoms with Gasteiger partial charge in [0.15, 0.2) is 5.76 Å². The van der Waals surface area contributed by atoms with Crippen LogP contribution in [-0.4, -0.2) is 15.9 Å². The smallest absolute Gasteiger partial charge is 0.282 e. The topological polar surface area (TPSA) is 69.6 Å². The second-order valence-corrected chi connectivity index (χ2v) is 10.9. The highest BCUT2D eigenvalue weighted by atomic mass is 79.9. The molecule has 39 heavy (non-hydrogen) atoms. The number of hydrogen-bond donors (Lipinski definition) is 0. The van der Waals surface area contributed by atoms with Gasteiger partial charge >= 0.3 is 0 Å². The maximum absolute atomic E-state index is 13.5. The first kappa shape index (κ1) is 25.6. The van der Waals surface area contributed by atoms with E-state index in [0.29, 0.717) is 45.4 Å². The van der Waals surface area contributed by atoms with Crippen LogP contribution >= 0.6 is 43.5 Å². The number of halogens is 3. The summed E-state index contributed by atoms with van der Waals surface area (Å²) in [6.45, 7) is 0.422. The van der Waals surface area contributed by atoms with Crippen LogP contribution in [0.25, 0.3) is 33.5 Å². The van der Waals surface area contributed by atoms with E-state index < -0.39 is 0 Å². The van der Waals surface area contributed by atoms with Crippen molar-refractivity contribution in [3.8, 4) is 17.3 Å². The predicted molar refractivity (Wildman–Crippen MR) is 162 cm³/mol. The molecule has 0 bridgehead atoms. The highest BCUT2D eigenvalue weighted by molar-refractivity contribution is 9.11. The molecule has 4 aromatic carbocycles. The van der Waals surface area contributed by atoms with Crippen molar-refractivity contribution in [2.75, 3.05) is 0 Å². The summed E-state index contributed by atoms with van der Waals surface area (Å²) in [4.78, 5) is 18.2. The molecule has 2 aromatic heterocycles. The Labute approximate surface area is 244 Å². The zero-order chi connectivity index (χ0) is 26.9. The third-order valence-electron chi connectivity index (χ3n) is 6.06. The highest BCUT2D eigenvalue weighted by Gasteiger charge is 2.16. The molecule has 0 radical (unpaired) electrons. The summed E-state index contributed by atoms with van der Waals surface area (Å²) in [7, 11) is 0. The number of hydrogen-bond acceptors (Lipinski definition) is 5. The van der Waals surface area contributed by atoms with Crippen LogP contribution < -0.4 is 10.3 Å². The summed E-state index contributed by atoms with van der Waals surface area (Å²) in [5.74, 6) is 1.42. The Kier molecular flexibility index (Phi) is 7.08. The fourth-order valence-electron chi connectivity index (χ4n) is 4.09. The Balaban J connectivity index is 1.32. The number of ether oxygens (including phenoxy) is 1. The Hall–Kier alpha value is -3.72. The Morgan fingerprint density at radius 2 is 1.79 bits per heavy atom. The predicted octanol–water partition coefficient (Wildman–Crippen LogP) is 8.45. The normalized spacial score (nSPS) is 11.6. The van der Waals surface area contributed by atoms with Gasteiger partial charge in [0.1, 0.15) is 17.9 Å². The first-order valence-electron chi connectivity index (χ1n) is 11.9. The monoisotopic (exact) mass is 661 g/mol. The molecule has 2 heterocycles. The summed E-state index contributed by atoms with van der Waals surface area (Å²) in [5, 5.41) is 6.37. The van der Waals surface area contributed by atoms with E-state index in [9.17, 15) is 4.79 Å². The van der Waals surface area contributed by atoms with Crippen molar-refractivity contribution in [3.63, 3.8) is 0 Å². The first-order chi connectivity index (χ1) is 18.9. The zero-order valence-corrected chi connectivity index (χ0v) is 24.1. The number of benzene rings is 4. The van der Waals surface area contributed by atoms with E-state index in [2.05, 4.69) is 37.0 Å². The van der Waals surface area contributed by atoms with Gasteiger partial charge in [0.05, 0.1) is 17.1 Å². The minimum atomic E-state index is -0.301. The second kappa shape index (κ2) is 10.8. The van der Waals surface area contributed by atoms with Crippen LogP contribution in [-0.2, 0) is 6.61 Å². The maximum atomic E-state index is 13.5. The summed E-state index contributed by atoms with van der Waals surface area (Å²) < 4.78 is 15.2. The molecule has 0 aliphatic rings. The molecular weight excluding hydrogens is 646 g/mol. The van der Waals surface area contributed by atoms with Gasteiger partial charge in [-0.3, -0.25) is 4.79 Å². The minimum absolute atomic E-state index is 0.294. The van der Waals surface area contributed by atoms with Gasteiger partial charge in [0.2, 0.25) is 5.82 Å². The van der Waals surface area contributed by atoms with Gasteiger partial charge in [0, 0.05) is 24.9 Å². The number of para-hydroxylation sites is 1. The van der Waals surface area contributed by atoms with Gasteiger partial charge < -0.3 is 9.15 Å². The van der Waals surface area contributed by atoms with Crippen LogP contribution in [0.15, 0.2) is 114 Å². The quantitative estimate of drug-likeness (QED) is 0.168. The van der Waals surface area contributed by atoms with E-state index in [0.717, 1.165) is 25.5 Å². The molecule has 0 saturated heterocycles. The summed E-state index contributed by atoms with van der Waals surface area (Å²) in [5.41, 5.74) is 2.71. The third kappa shape index (κ3) is 5.41. The van der Waals surface area contributed by atoms with Crippen molar-refractivity contribution < 1.29 is 9.15 Å². The molecule has 0 aliphatic heterocycles. The standard InChI is InChI=1S/C30H18Br2ClN3O3/c31-21-8-7-19(25(32)15-21)17-38-23-10-5-18(6-11-23)16-34-36-29(35-26-4-2-1-3-24(26)30(36)37)28-14-20-13-22(33)9-12-27(20)39-28/h1-16H,17H2. The summed E-state index contributed by atoms with van der Waals surface area (Å²) in [6, 6.07) is 27.7. The highest BCUT2D eigenvalue weighted by Crippen LogP contribution is 2.29. The SMILES string of the molecule is O=c1c2ccccc2nc(-c2cc3cc(Cl)ccc3o2)n1N=Cc1ccc(OCc2ccc(Br)cc2Br)cc1. The molecule has 0 unspecified atom stereocenters. The van der Waals surface area contributed by atoms with E-state index in [1.807, 2.05) is 48.5 Å². The number of furan rings is 1. The second-order valence-electron chi connectivity index (χ2n) is 8.70. The molecule has 0 atom stereocenters. The molecule has 0 amide bonds. The average molecular weight is 664 g/mol. The largest absolute Gasteiger partial charge is 0.489 e. The fourth-order valence-corrected chi connectivity index (χ4v) is 5.43. The molecule has 0 fully saturated rings. The zero-order valence-electron chi connectivity index (χ0n) is 20.1. The van der Waals surface area contributed by atoms with Gasteiger partial charge in [-0.15, -0.1) is 0 Å². The lowest BCUT2D eigenvalue weighted by atomic mass is 10.2. The van der Waals surface area contributed by atoms with E-state index in [1.165, 1.54) is 4.68 Å². The molecular formula is C30H18Br2ClN3O3. The van der Waals surface area contributed by atoms with Crippen LogP contribution in [0.1, 0.15) is 11.1 Å². The van der Waals surface area contributed by atoms with Crippen molar-refractivity contribution >= 4 is 71.5 Å². The van der Waals surface area contributed by atoms with Crippen molar-refractivity contribution in [1.29, 1.82) is 0 Å². The molecule has 9 heteroatoms. The van der Waals surface area contributed by atoms with Gasteiger partial charge in [0.25, 0.3) is 5.56 Å². The van der Waals surface area contributed by atoms with Crippen molar-refractivity contribution in [2.24, 2.45) is 5.10 Å². The van der Waals surface area contributed by atoms with Crippen molar-refractivity contribution in [2.45, 2.75) is 6.61 Å². The molecule has 0 N–H and O–H groups in total. The summed E-state index contributed by atoms with van der Waals surface area (Å²) >= 11 is 13.2. The van der Waals surface area contributed by atoms with Gasteiger partial charge in [-0.2, -0.15) is 9.78 Å². The third-order valence-corrected chi connectivity index (χ3v) is 7.53. The number of fused-ring (bicyclic) bond motifs is 2. The van der Waals surface area contributed by atoms with E-state index >= 15 is 0 Å². The Morgan fingerprint density at radius 3 is 2.62 bits per heavy atom. The number of rotatable bonds is 6. The van der Waals surface area contributed by atoms with Gasteiger partial charge in [-0.25, -0.2) is 4.98 Å². The Bertz CT molecular complexity index is 1930. The maximum Gasteiger partial charge on any atom is 0.282 e. The lowest BCUT2D eigenvalue weighted by Crippen LogP contribution is -2.20. The van der Waals surface area contributed by atoms with Crippen LogP contribution in [0.5, 0.6) is 5.75 Å². The molecule has 192 valence electrons.